The number of pyridine rings is 1. The van der Waals surface area contributed by atoms with Crippen LogP contribution in [0.15, 0.2) is 42.9 Å². The molecule has 0 amide bonds. The van der Waals surface area contributed by atoms with E-state index in [0.717, 1.165) is 6.07 Å². The van der Waals surface area contributed by atoms with Gasteiger partial charge in [0.25, 0.3) is 0 Å². The molecule has 12 heteroatoms. The summed E-state index contributed by atoms with van der Waals surface area (Å²) in [6.45, 7) is 5.80. The molecule has 0 aliphatic carbocycles. The predicted octanol–water partition coefficient (Wildman–Crippen LogP) is 3.60. The van der Waals surface area contributed by atoms with Crippen molar-refractivity contribution >= 4 is 22.7 Å². The topological polar surface area (TPSA) is 95.2 Å². The number of halogens is 3. The number of rotatable bonds is 8. The minimum atomic E-state index is -0.914. The van der Waals surface area contributed by atoms with Crippen molar-refractivity contribution in [3.8, 4) is 11.3 Å². The quantitative estimate of drug-likeness (QED) is 0.360. The van der Waals surface area contributed by atoms with Crippen LogP contribution in [-0.2, 0) is 13.3 Å². The Kier molecular flexibility index (Phi) is 7.17. The molecular formula is C26H29F3N8O. The average molecular weight is 527 g/mol. The molecule has 0 spiro atoms. The lowest BCUT2D eigenvalue weighted by Crippen LogP contribution is -2.46. The van der Waals surface area contributed by atoms with Gasteiger partial charge in [0.2, 0.25) is 0 Å². The van der Waals surface area contributed by atoms with E-state index in [1.54, 1.807) is 38.5 Å². The minimum absolute atomic E-state index is 0.305. The standard InChI is InChI=1S/C26H29F3N8O/c1-26(2,38)15-31-23-10-21-22(12-30-23)34-25(24(33-21)18-11-32-37(14-18)16-27)36-7-5-35(6-8-36)13-17-3-4-19(28)9-20(17)29/h3-4,9-12,14,38H,5-8,13,15-16H2,1-2H3,(H,30,31). The molecule has 4 aromatic rings. The van der Waals surface area contributed by atoms with Crippen molar-refractivity contribution in [3.05, 3.63) is 60.1 Å². The molecule has 200 valence electrons. The van der Waals surface area contributed by atoms with Crippen LogP contribution in [-0.4, -0.2) is 73.1 Å². The number of aromatic nitrogens is 5. The van der Waals surface area contributed by atoms with E-state index in [1.807, 2.05) is 0 Å². The Morgan fingerprint density at radius 3 is 2.50 bits per heavy atom. The first-order valence-electron chi connectivity index (χ1n) is 12.3. The maximum absolute atomic E-state index is 14.1. The second-order valence-corrected chi connectivity index (χ2v) is 10.0. The molecule has 0 radical (unpaired) electrons. The van der Waals surface area contributed by atoms with E-state index >= 15 is 0 Å². The molecule has 2 N–H and O–H groups in total. The molecule has 9 nitrogen and oxygen atoms in total. The van der Waals surface area contributed by atoms with Gasteiger partial charge in [-0.2, -0.15) is 5.10 Å². The SMILES string of the molecule is CC(C)(O)CNc1cc2nc(-c3cnn(CF)c3)c(N3CCN(Cc4ccc(F)cc4F)CC3)nc2cn1. The molecule has 0 unspecified atom stereocenters. The summed E-state index contributed by atoms with van der Waals surface area (Å²) in [5.74, 6) is 0.0318. The zero-order chi connectivity index (χ0) is 26.9. The van der Waals surface area contributed by atoms with Crippen LogP contribution in [0.2, 0.25) is 0 Å². The monoisotopic (exact) mass is 526 g/mol. The van der Waals surface area contributed by atoms with Crippen molar-refractivity contribution in [2.75, 3.05) is 42.9 Å². The zero-order valence-corrected chi connectivity index (χ0v) is 21.2. The van der Waals surface area contributed by atoms with Crippen LogP contribution in [0.3, 0.4) is 0 Å². The molecule has 1 aromatic carbocycles. The molecule has 1 aliphatic heterocycles. The van der Waals surface area contributed by atoms with Crippen LogP contribution in [0.25, 0.3) is 22.3 Å². The summed E-state index contributed by atoms with van der Waals surface area (Å²) >= 11 is 0. The number of piperazine rings is 1. The van der Waals surface area contributed by atoms with E-state index in [0.29, 0.717) is 78.8 Å². The highest BCUT2D eigenvalue weighted by atomic mass is 19.1. The fourth-order valence-electron chi connectivity index (χ4n) is 4.33. The molecule has 5 rings (SSSR count). The maximum atomic E-state index is 14.1. The van der Waals surface area contributed by atoms with E-state index in [-0.39, 0.29) is 0 Å². The molecule has 3 aromatic heterocycles. The van der Waals surface area contributed by atoms with E-state index in [1.165, 1.54) is 16.8 Å². The van der Waals surface area contributed by atoms with Crippen molar-refractivity contribution in [2.24, 2.45) is 0 Å². The summed E-state index contributed by atoms with van der Waals surface area (Å²) in [4.78, 5) is 18.3. The van der Waals surface area contributed by atoms with Gasteiger partial charge in [-0.05, 0) is 19.9 Å². The summed E-state index contributed by atoms with van der Waals surface area (Å²) < 4.78 is 41.8. The summed E-state index contributed by atoms with van der Waals surface area (Å²) in [6, 6.07) is 5.41. The van der Waals surface area contributed by atoms with Crippen LogP contribution < -0.4 is 10.2 Å². The van der Waals surface area contributed by atoms with Crippen LogP contribution in [0.4, 0.5) is 24.8 Å². The highest BCUT2D eigenvalue weighted by molar-refractivity contribution is 5.84. The van der Waals surface area contributed by atoms with Gasteiger partial charge in [-0.1, -0.05) is 6.07 Å². The Hall–Kier alpha value is -3.77. The number of nitrogens with zero attached hydrogens (tertiary/aromatic N) is 7. The Morgan fingerprint density at radius 2 is 1.82 bits per heavy atom. The zero-order valence-electron chi connectivity index (χ0n) is 21.2. The van der Waals surface area contributed by atoms with Gasteiger partial charge in [-0.3, -0.25) is 4.90 Å². The third-order valence-electron chi connectivity index (χ3n) is 6.34. The normalized spacial score (nSPS) is 14.8. The third-order valence-corrected chi connectivity index (χ3v) is 6.34. The molecule has 38 heavy (non-hydrogen) atoms. The van der Waals surface area contributed by atoms with Crippen LogP contribution in [0.5, 0.6) is 0 Å². The molecule has 0 atom stereocenters. The van der Waals surface area contributed by atoms with Crippen LogP contribution in [0, 0.1) is 11.6 Å². The molecule has 1 fully saturated rings. The third kappa shape index (κ3) is 5.86. The Labute approximate surface area is 217 Å². The van der Waals surface area contributed by atoms with Gasteiger partial charge in [0.1, 0.15) is 28.7 Å². The largest absolute Gasteiger partial charge is 0.389 e. The molecule has 1 saturated heterocycles. The van der Waals surface area contributed by atoms with Crippen molar-refractivity contribution in [2.45, 2.75) is 32.8 Å². The van der Waals surface area contributed by atoms with Gasteiger partial charge in [0.15, 0.2) is 12.6 Å². The lowest BCUT2D eigenvalue weighted by Gasteiger charge is -2.36. The first-order chi connectivity index (χ1) is 18.2. The fourth-order valence-corrected chi connectivity index (χ4v) is 4.33. The van der Waals surface area contributed by atoms with Gasteiger partial charge >= 0.3 is 0 Å². The van der Waals surface area contributed by atoms with Gasteiger partial charge < -0.3 is 15.3 Å². The molecule has 0 bridgehead atoms. The van der Waals surface area contributed by atoms with Crippen molar-refractivity contribution in [3.63, 3.8) is 0 Å². The number of anilines is 2. The molecule has 4 heterocycles. The van der Waals surface area contributed by atoms with E-state index in [9.17, 15) is 18.3 Å². The minimum Gasteiger partial charge on any atom is -0.389 e. The van der Waals surface area contributed by atoms with Crippen molar-refractivity contribution in [1.29, 1.82) is 0 Å². The van der Waals surface area contributed by atoms with Crippen molar-refractivity contribution < 1.29 is 18.3 Å². The Morgan fingerprint density at radius 1 is 1.03 bits per heavy atom. The number of aliphatic hydroxyl groups is 1. The number of benzene rings is 1. The summed E-state index contributed by atoms with van der Waals surface area (Å²) in [5.41, 5.74) is 1.91. The maximum Gasteiger partial charge on any atom is 0.181 e. The van der Waals surface area contributed by atoms with Gasteiger partial charge in [-0.15, -0.1) is 0 Å². The highest BCUT2D eigenvalue weighted by Gasteiger charge is 2.24. The molecular weight excluding hydrogens is 497 g/mol. The molecule has 1 aliphatic rings. The first-order valence-corrected chi connectivity index (χ1v) is 12.3. The van der Waals surface area contributed by atoms with Gasteiger partial charge in [-0.25, -0.2) is 32.8 Å². The number of hydrogen-bond acceptors (Lipinski definition) is 8. The second kappa shape index (κ2) is 10.5. The van der Waals surface area contributed by atoms with Gasteiger partial charge in [0.05, 0.1) is 23.5 Å². The number of fused-ring (bicyclic) bond motifs is 1. The van der Waals surface area contributed by atoms with Crippen molar-refractivity contribution in [1.82, 2.24) is 29.6 Å². The fraction of sp³-hybridized carbons (Fsp3) is 0.385. The summed E-state index contributed by atoms with van der Waals surface area (Å²) in [6.07, 6.45) is 4.77. The second-order valence-electron chi connectivity index (χ2n) is 10.0. The van der Waals surface area contributed by atoms with Crippen LogP contribution >= 0.6 is 0 Å². The highest BCUT2D eigenvalue weighted by Crippen LogP contribution is 2.31. The van der Waals surface area contributed by atoms with E-state index < -0.39 is 24.0 Å². The predicted molar refractivity (Wildman–Crippen MR) is 138 cm³/mol. The number of nitrogens with one attached hydrogen (secondary N) is 1. The smallest absolute Gasteiger partial charge is 0.181 e. The Balaban J connectivity index is 1.41. The average Bonchev–Trinajstić information content (AvgIpc) is 3.38. The lowest BCUT2D eigenvalue weighted by atomic mass is 10.1. The molecule has 0 saturated carbocycles. The number of hydrogen-bond donors (Lipinski definition) is 2. The van der Waals surface area contributed by atoms with Gasteiger partial charge in [0, 0.05) is 68.7 Å². The lowest BCUT2D eigenvalue weighted by molar-refractivity contribution is 0.0944. The first kappa shape index (κ1) is 25.9. The van der Waals surface area contributed by atoms with E-state index in [4.69, 9.17) is 9.97 Å². The summed E-state index contributed by atoms with van der Waals surface area (Å²) in [5, 5.41) is 17.2. The Bertz CT molecular complexity index is 1430. The van der Waals surface area contributed by atoms with E-state index in [2.05, 4.69) is 25.2 Å². The number of alkyl halides is 1. The van der Waals surface area contributed by atoms with Crippen LogP contribution in [0.1, 0.15) is 19.4 Å². The summed E-state index contributed by atoms with van der Waals surface area (Å²) in [7, 11) is 0.